The lowest BCUT2D eigenvalue weighted by Gasteiger charge is -2.07. The van der Waals surface area contributed by atoms with Gasteiger partial charge in [0.2, 0.25) is 0 Å². The number of aromatic nitrogens is 4. The topological polar surface area (TPSA) is 118 Å². The summed E-state index contributed by atoms with van der Waals surface area (Å²) >= 11 is 1.45. The maximum Gasteiger partial charge on any atom is 0.323 e. The average Bonchev–Trinajstić information content (AvgIpc) is 3.10. The molecule has 1 aromatic carbocycles. The molecule has 3 aromatic rings. The number of aromatic amines is 2. The van der Waals surface area contributed by atoms with Gasteiger partial charge in [0.05, 0.1) is 17.8 Å². The van der Waals surface area contributed by atoms with Crippen molar-refractivity contribution in [3.63, 3.8) is 0 Å². The van der Waals surface area contributed by atoms with E-state index < -0.39 is 5.69 Å². The van der Waals surface area contributed by atoms with Crippen LogP contribution in [0.2, 0.25) is 0 Å². The molecule has 8 nitrogen and oxygen atoms in total. The highest BCUT2D eigenvalue weighted by atomic mass is 32.2. The minimum absolute atomic E-state index is 0.156. The van der Waals surface area contributed by atoms with Crippen molar-refractivity contribution in [1.82, 2.24) is 19.9 Å². The van der Waals surface area contributed by atoms with Gasteiger partial charge in [-0.2, -0.15) is 0 Å². The van der Waals surface area contributed by atoms with Crippen LogP contribution in [0, 0.1) is 6.92 Å². The molecule has 0 atom stereocenters. The lowest BCUT2D eigenvalue weighted by atomic mass is 10.1. The van der Waals surface area contributed by atoms with E-state index in [1.165, 1.54) is 11.8 Å². The fourth-order valence-corrected chi connectivity index (χ4v) is 4.11. The Morgan fingerprint density at radius 2 is 1.87 bits per heavy atom. The van der Waals surface area contributed by atoms with Gasteiger partial charge >= 0.3 is 11.7 Å². The molecule has 0 saturated heterocycles. The number of Topliss-reactive ketones (excluding diaryl/α,β-unsaturated/α-hetero) is 1. The minimum Gasteiger partial charge on any atom is -0.466 e. The molecule has 0 unspecified atom stereocenters. The molecule has 0 fully saturated rings. The molecule has 0 bridgehead atoms. The first-order valence-corrected chi connectivity index (χ1v) is 10.8. The molecule has 158 valence electrons. The smallest absolute Gasteiger partial charge is 0.323 e. The number of hydrogen-bond acceptors (Lipinski definition) is 7. The minimum atomic E-state index is -0.413. The summed E-state index contributed by atoms with van der Waals surface area (Å²) in [5, 5.41) is 1.73. The number of carbonyl (C=O) groups is 2. The second-order valence-corrected chi connectivity index (χ2v) is 7.71. The number of hydrogen-bond donors (Lipinski definition) is 2. The summed E-state index contributed by atoms with van der Waals surface area (Å²) in [6.07, 6.45) is 1.65. The lowest BCUT2D eigenvalue weighted by molar-refractivity contribution is -0.143. The zero-order valence-electron chi connectivity index (χ0n) is 17.0. The second kappa shape index (κ2) is 10.2. The number of thioether (sulfide) groups is 1. The maximum atomic E-state index is 12.6. The summed E-state index contributed by atoms with van der Waals surface area (Å²) in [4.78, 5) is 50.0. The van der Waals surface area contributed by atoms with Gasteiger partial charge in [0.15, 0.2) is 5.78 Å². The molecule has 0 saturated carbocycles. The van der Waals surface area contributed by atoms with Gasteiger partial charge in [-0.05, 0) is 32.8 Å². The number of esters is 1. The standard InChI is InChI=1S/C21H24N4O4S/c1-3-29-18(27)11-7-6-10-17(26)19-16(24-21(28)25-19)12-30-20-14-8-4-5-9-15(14)22-13(2)23-20/h4-5,8-9H,3,6-7,10-12H2,1-2H3,(H2,24,25,28). The fraction of sp³-hybridized carbons (Fsp3) is 0.381. The van der Waals surface area contributed by atoms with Crippen molar-refractivity contribution in [1.29, 1.82) is 0 Å². The molecule has 3 rings (SSSR count). The van der Waals surface area contributed by atoms with Crippen LogP contribution in [0.25, 0.3) is 10.9 Å². The number of nitrogens with one attached hydrogen (secondary N) is 2. The van der Waals surface area contributed by atoms with Crippen LogP contribution in [0.4, 0.5) is 0 Å². The summed E-state index contributed by atoms with van der Waals surface area (Å²) < 4.78 is 4.88. The zero-order chi connectivity index (χ0) is 21.5. The van der Waals surface area contributed by atoms with Crippen molar-refractivity contribution in [2.75, 3.05) is 6.61 Å². The van der Waals surface area contributed by atoms with Crippen LogP contribution < -0.4 is 5.69 Å². The van der Waals surface area contributed by atoms with Gasteiger partial charge in [-0.3, -0.25) is 9.59 Å². The number of imidazole rings is 1. The van der Waals surface area contributed by atoms with Crippen molar-refractivity contribution in [2.45, 2.75) is 50.3 Å². The highest BCUT2D eigenvalue weighted by molar-refractivity contribution is 7.98. The number of aryl methyl sites for hydroxylation is 1. The SMILES string of the molecule is CCOC(=O)CCCCC(=O)c1[nH]c(=O)[nH]c1CSc1nc(C)nc2ccccc12. The number of carbonyl (C=O) groups excluding carboxylic acids is 2. The third kappa shape index (κ3) is 5.56. The van der Waals surface area contributed by atoms with Crippen LogP contribution in [-0.2, 0) is 15.3 Å². The van der Waals surface area contributed by atoms with Crippen LogP contribution in [0.15, 0.2) is 34.1 Å². The first-order valence-electron chi connectivity index (χ1n) is 9.84. The predicted octanol–water partition coefficient (Wildman–Crippen LogP) is 3.55. The third-order valence-electron chi connectivity index (χ3n) is 4.46. The Labute approximate surface area is 177 Å². The third-order valence-corrected chi connectivity index (χ3v) is 5.47. The molecule has 0 spiro atoms. The van der Waals surface area contributed by atoms with E-state index in [1.54, 1.807) is 6.92 Å². The molecule has 0 aliphatic carbocycles. The molecule has 0 aliphatic rings. The Morgan fingerprint density at radius 1 is 1.10 bits per heavy atom. The van der Waals surface area contributed by atoms with Crippen LogP contribution in [0.1, 0.15) is 54.6 Å². The van der Waals surface area contributed by atoms with E-state index in [2.05, 4.69) is 19.9 Å². The van der Waals surface area contributed by atoms with Crippen molar-refractivity contribution in [3.8, 4) is 0 Å². The van der Waals surface area contributed by atoms with Crippen LogP contribution in [0.3, 0.4) is 0 Å². The van der Waals surface area contributed by atoms with Gasteiger partial charge < -0.3 is 14.7 Å². The zero-order valence-corrected chi connectivity index (χ0v) is 17.8. The maximum absolute atomic E-state index is 12.6. The summed E-state index contributed by atoms with van der Waals surface area (Å²) in [5.41, 5.74) is 1.27. The average molecular weight is 429 g/mol. The molecular weight excluding hydrogens is 404 g/mol. The highest BCUT2D eigenvalue weighted by Gasteiger charge is 2.17. The molecule has 9 heteroatoms. The Hall–Kier alpha value is -2.94. The van der Waals surface area contributed by atoms with E-state index in [-0.39, 0.29) is 24.6 Å². The first-order chi connectivity index (χ1) is 14.5. The number of ether oxygens (including phenoxy) is 1. The Bertz CT molecular complexity index is 1110. The van der Waals surface area contributed by atoms with Crippen molar-refractivity contribution in [3.05, 3.63) is 52.0 Å². The number of unbranched alkanes of at least 4 members (excludes halogenated alkanes) is 1. The normalized spacial score (nSPS) is 11.0. The molecule has 0 radical (unpaired) electrons. The molecule has 2 aromatic heterocycles. The molecule has 2 heterocycles. The van der Waals surface area contributed by atoms with E-state index in [4.69, 9.17) is 4.74 Å². The van der Waals surface area contributed by atoms with E-state index >= 15 is 0 Å². The number of benzene rings is 1. The van der Waals surface area contributed by atoms with Crippen LogP contribution in [-0.4, -0.2) is 38.3 Å². The fourth-order valence-electron chi connectivity index (χ4n) is 3.09. The summed E-state index contributed by atoms with van der Waals surface area (Å²) in [6.45, 7) is 3.94. The number of para-hydroxylation sites is 1. The summed E-state index contributed by atoms with van der Waals surface area (Å²) in [7, 11) is 0. The highest BCUT2D eigenvalue weighted by Crippen LogP contribution is 2.28. The van der Waals surface area contributed by atoms with Gasteiger partial charge in [-0.25, -0.2) is 14.8 Å². The molecule has 0 amide bonds. The number of ketones is 1. The van der Waals surface area contributed by atoms with Crippen molar-refractivity contribution >= 4 is 34.4 Å². The van der Waals surface area contributed by atoms with Crippen molar-refractivity contribution in [2.24, 2.45) is 0 Å². The van der Waals surface area contributed by atoms with Gasteiger partial charge in [0.1, 0.15) is 16.5 Å². The molecular formula is C21H24N4O4S. The Balaban J connectivity index is 1.65. The Morgan fingerprint density at radius 3 is 2.67 bits per heavy atom. The number of rotatable bonds is 10. The monoisotopic (exact) mass is 428 g/mol. The van der Waals surface area contributed by atoms with E-state index in [9.17, 15) is 14.4 Å². The van der Waals surface area contributed by atoms with E-state index in [1.807, 2.05) is 31.2 Å². The van der Waals surface area contributed by atoms with Gasteiger partial charge in [-0.1, -0.05) is 30.0 Å². The van der Waals surface area contributed by atoms with E-state index in [0.29, 0.717) is 42.4 Å². The van der Waals surface area contributed by atoms with Crippen LogP contribution in [0.5, 0.6) is 0 Å². The van der Waals surface area contributed by atoms with Gasteiger partial charge in [-0.15, -0.1) is 0 Å². The molecule has 2 N–H and O–H groups in total. The number of H-pyrrole nitrogens is 2. The number of nitrogens with zero attached hydrogens (tertiary/aromatic N) is 2. The predicted molar refractivity (Wildman–Crippen MR) is 115 cm³/mol. The first kappa shape index (κ1) is 21.8. The van der Waals surface area contributed by atoms with Crippen LogP contribution >= 0.6 is 11.8 Å². The van der Waals surface area contributed by atoms with Gasteiger partial charge in [0, 0.05) is 24.0 Å². The molecule has 0 aliphatic heterocycles. The van der Waals surface area contributed by atoms with Crippen molar-refractivity contribution < 1.29 is 14.3 Å². The largest absolute Gasteiger partial charge is 0.466 e. The molecule has 30 heavy (non-hydrogen) atoms. The summed E-state index contributed by atoms with van der Waals surface area (Å²) in [6, 6.07) is 7.73. The summed E-state index contributed by atoms with van der Waals surface area (Å²) in [5.74, 6) is 0.640. The van der Waals surface area contributed by atoms with E-state index in [0.717, 1.165) is 15.9 Å². The lowest BCUT2D eigenvalue weighted by Crippen LogP contribution is -2.07. The Kier molecular flexibility index (Phi) is 7.40. The second-order valence-electron chi connectivity index (χ2n) is 6.75. The number of fused-ring (bicyclic) bond motifs is 1. The quantitative estimate of drug-likeness (QED) is 0.167. The van der Waals surface area contributed by atoms with Gasteiger partial charge in [0.25, 0.3) is 0 Å².